The molecule has 3 heteroatoms. The molecule has 0 bridgehead atoms. The first-order valence-electron chi connectivity index (χ1n) is 5.07. The Bertz CT molecular complexity index is 400. The first kappa shape index (κ1) is 12.3. The van der Waals surface area contributed by atoms with Crippen molar-refractivity contribution in [2.45, 2.75) is 26.4 Å². The third-order valence-electron chi connectivity index (χ3n) is 1.74. The summed E-state index contributed by atoms with van der Waals surface area (Å²) in [4.78, 5) is 10.4. The van der Waals surface area contributed by atoms with Crippen molar-refractivity contribution in [3.05, 3.63) is 35.9 Å². The van der Waals surface area contributed by atoms with Gasteiger partial charge in [-0.25, -0.2) is 4.79 Å². The predicted molar refractivity (Wildman–Crippen MR) is 63.5 cm³/mol. The second-order valence-electron chi connectivity index (χ2n) is 4.42. The van der Waals surface area contributed by atoms with Crippen molar-refractivity contribution in [1.29, 1.82) is 0 Å². The zero-order valence-electron chi connectivity index (χ0n) is 9.73. The van der Waals surface area contributed by atoms with Crippen LogP contribution in [0.4, 0.5) is 0 Å². The van der Waals surface area contributed by atoms with Gasteiger partial charge in [-0.15, -0.1) is 0 Å². The standard InChI is InChI=1S/C13H16O3/c1-13(2,3)16-11-7-5-4-6-10(11)8-9-12(14)15/h4-9H,1-3H3,(H,14,15)/b9-8+. The van der Waals surface area contributed by atoms with Crippen LogP contribution in [0.3, 0.4) is 0 Å². The van der Waals surface area contributed by atoms with Crippen LogP contribution in [0.25, 0.3) is 6.08 Å². The van der Waals surface area contributed by atoms with Crippen molar-refractivity contribution >= 4 is 12.0 Å². The number of carboxylic acids is 1. The lowest BCUT2D eigenvalue weighted by atomic mass is 10.1. The minimum atomic E-state index is -0.967. The fraction of sp³-hybridized carbons (Fsp3) is 0.308. The molecular weight excluding hydrogens is 204 g/mol. The van der Waals surface area contributed by atoms with Crippen LogP contribution in [0.2, 0.25) is 0 Å². The fourth-order valence-corrected chi connectivity index (χ4v) is 1.20. The average molecular weight is 220 g/mol. The summed E-state index contributed by atoms with van der Waals surface area (Å²) in [6.45, 7) is 5.85. The molecule has 16 heavy (non-hydrogen) atoms. The summed E-state index contributed by atoms with van der Waals surface area (Å²) in [5, 5.41) is 8.57. The lowest BCUT2D eigenvalue weighted by Crippen LogP contribution is -2.23. The largest absolute Gasteiger partial charge is 0.488 e. The monoisotopic (exact) mass is 220 g/mol. The first-order chi connectivity index (χ1) is 7.38. The van der Waals surface area contributed by atoms with E-state index < -0.39 is 5.97 Å². The lowest BCUT2D eigenvalue weighted by Gasteiger charge is -2.22. The van der Waals surface area contributed by atoms with Gasteiger partial charge in [-0.1, -0.05) is 18.2 Å². The maximum atomic E-state index is 10.4. The predicted octanol–water partition coefficient (Wildman–Crippen LogP) is 2.96. The smallest absolute Gasteiger partial charge is 0.328 e. The molecule has 0 fully saturated rings. The Hall–Kier alpha value is -1.77. The number of para-hydroxylation sites is 1. The van der Waals surface area contributed by atoms with Crippen molar-refractivity contribution in [1.82, 2.24) is 0 Å². The third kappa shape index (κ3) is 4.17. The molecule has 0 saturated heterocycles. The van der Waals surface area contributed by atoms with E-state index in [4.69, 9.17) is 9.84 Å². The Balaban J connectivity index is 2.96. The van der Waals surface area contributed by atoms with Gasteiger partial charge in [0.25, 0.3) is 0 Å². The number of benzene rings is 1. The van der Waals surface area contributed by atoms with Gasteiger partial charge in [-0.05, 0) is 32.9 Å². The molecule has 0 radical (unpaired) electrons. The minimum absolute atomic E-state index is 0.298. The molecule has 1 aromatic carbocycles. The Labute approximate surface area is 95.4 Å². The molecule has 0 heterocycles. The minimum Gasteiger partial charge on any atom is -0.488 e. The summed E-state index contributed by atoms with van der Waals surface area (Å²) in [6, 6.07) is 7.35. The summed E-state index contributed by atoms with van der Waals surface area (Å²) in [5.41, 5.74) is 0.465. The van der Waals surface area contributed by atoms with Gasteiger partial charge in [0.2, 0.25) is 0 Å². The van der Waals surface area contributed by atoms with Crippen molar-refractivity contribution in [2.24, 2.45) is 0 Å². The summed E-state index contributed by atoms with van der Waals surface area (Å²) in [5.74, 6) is -0.280. The van der Waals surface area contributed by atoms with Crippen LogP contribution in [-0.2, 0) is 4.79 Å². The molecule has 0 atom stereocenters. The second kappa shape index (κ2) is 4.84. The average Bonchev–Trinajstić information content (AvgIpc) is 2.14. The van der Waals surface area contributed by atoms with Crippen molar-refractivity contribution < 1.29 is 14.6 Å². The van der Waals surface area contributed by atoms with Crippen LogP contribution in [0, 0.1) is 0 Å². The highest BCUT2D eigenvalue weighted by Crippen LogP contribution is 2.23. The topological polar surface area (TPSA) is 46.5 Å². The van der Waals surface area contributed by atoms with E-state index in [2.05, 4.69) is 0 Å². The molecule has 0 aliphatic carbocycles. The van der Waals surface area contributed by atoms with E-state index in [-0.39, 0.29) is 5.60 Å². The van der Waals surface area contributed by atoms with E-state index in [0.717, 1.165) is 11.6 Å². The van der Waals surface area contributed by atoms with Gasteiger partial charge in [0.15, 0.2) is 0 Å². The SMILES string of the molecule is CC(C)(C)Oc1ccccc1/C=C/C(=O)O. The van der Waals surface area contributed by atoms with Gasteiger partial charge < -0.3 is 9.84 Å². The lowest BCUT2D eigenvalue weighted by molar-refractivity contribution is -0.131. The number of rotatable bonds is 3. The van der Waals surface area contributed by atoms with Crippen molar-refractivity contribution in [2.75, 3.05) is 0 Å². The van der Waals surface area contributed by atoms with Gasteiger partial charge in [-0.2, -0.15) is 0 Å². The molecule has 0 saturated carbocycles. The highest BCUT2D eigenvalue weighted by Gasteiger charge is 2.13. The Kier molecular flexibility index (Phi) is 3.72. The second-order valence-corrected chi connectivity index (χ2v) is 4.42. The number of carboxylic acid groups (broad SMARTS) is 1. The van der Waals surface area contributed by atoms with E-state index in [1.165, 1.54) is 6.08 Å². The Morgan fingerprint density at radius 2 is 1.94 bits per heavy atom. The Morgan fingerprint density at radius 1 is 1.31 bits per heavy atom. The van der Waals surface area contributed by atoms with Gasteiger partial charge >= 0.3 is 5.97 Å². The van der Waals surface area contributed by atoms with Crippen LogP contribution < -0.4 is 4.74 Å². The van der Waals surface area contributed by atoms with Crippen molar-refractivity contribution in [3.63, 3.8) is 0 Å². The molecule has 0 aliphatic heterocycles. The number of carbonyl (C=O) groups is 1. The highest BCUT2D eigenvalue weighted by molar-refractivity contribution is 5.85. The zero-order valence-corrected chi connectivity index (χ0v) is 9.73. The van der Waals surface area contributed by atoms with E-state index in [1.807, 2.05) is 45.0 Å². The molecule has 1 rings (SSSR count). The zero-order chi connectivity index (χ0) is 12.2. The summed E-state index contributed by atoms with van der Waals surface area (Å²) in [7, 11) is 0. The molecule has 1 N–H and O–H groups in total. The van der Waals surface area contributed by atoms with Gasteiger partial charge in [0.1, 0.15) is 11.4 Å². The molecule has 1 aromatic rings. The van der Waals surface area contributed by atoms with Crippen LogP contribution in [0.15, 0.2) is 30.3 Å². The first-order valence-corrected chi connectivity index (χ1v) is 5.07. The van der Waals surface area contributed by atoms with Gasteiger partial charge in [0.05, 0.1) is 0 Å². The maximum absolute atomic E-state index is 10.4. The van der Waals surface area contributed by atoms with Crippen LogP contribution in [0.1, 0.15) is 26.3 Å². The Morgan fingerprint density at radius 3 is 2.50 bits per heavy atom. The normalized spacial score (nSPS) is 11.7. The van der Waals surface area contributed by atoms with Gasteiger partial charge in [0, 0.05) is 11.6 Å². The number of hydrogen-bond donors (Lipinski definition) is 1. The van der Waals surface area contributed by atoms with E-state index in [1.54, 1.807) is 0 Å². The quantitative estimate of drug-likeness (QED) is 0.796. The van der Waals surface area contributed by atoms with Crippen LogP contribution in [-0.4, -0.2) is 16.7 Å². The molecule has 0 aromatic heterocycles. The molecule has 86 valence electrons. The number of ether oxygens (including phenoxy) is 1. The van der Waals surface area contributed by atoms with E-state index in [9.17, 15) is 4.79 Å². The summed E-state index contributed by atoms with van der Waals surface area (Å²) in [6.07, 6.45) is 2.63. The summed E-state index contributed by atoms with van der Waals surface area (Å²) < 4.78 is 5.72. The maximum Gasteiger partial charge on any atom is 0.328 e. The van der Waals surface area contributed by atoms with E-state index >= 15 is 0 Å². The molecule has 0 aliphatic rings. The molecule has 0 amide bonds. The van der Waals surface area contributed by atoms with Crippen LogP contribution >= 0.6 is 0 Å². The number of aliphatic carboxylic acids is 1. The van der Waals surface area contributed by atoms with Crippen LogP contribution in [0.5, 0.6) is 5.75 Å². The van der Waals surface area contributed by atoms with E-state index in [0.29, 0.717) is 5.75 Å². The molecule has 3 nitrogen and oxygen atoms in total. The third-order valence-corrected chi connectivity index (χ3v) is 1.74. The molecule has 0 spiro atoms. The number of hydrogen-bond acceptors (Lipinski definition) is 2. The highest BCUT2D eigenvalue weighted by atomic mass is 16.5. The fourth-order valence-electron chi connectivity index (χ4n) is 1.20. The molecule has 0 unspecified atom stereocenters. The molecular formula is C13H16O3. The summed E-state index contributed by atoms with van der Waals surface area (Å²) >= 11 is 0. The van der Waals surface area contributed by atoms with Crippen molar-refractivity contribution in [3.8, 4) is 5.75 Å². The van der Waals surface area contributed by atoms with Gasteiger partial charge in [-0.3, -0.25) is 0 Å².